The van der Waals surface area contributed by atoms with Gasteiger partial charge in [0.25, 0.3) is 0 Å². The van der Waals surface area contributed by atoms with Gasteiger partial charge in [-0.1, -0.05) is 26.7 Å². The highest BCUT2D eigenvalue weighted by Gasteiger charge is 2.32. The lowest BCUT2D eigenvalue weighted by Gasteiger charge is -2.28. The van der Waals surface area contributed by atoms with Crippen molar-refractivity contribution in [2.75, 3.05) is 0 Å². The number of ketones is 1. The lowest BCUT2D eigenvalue weighted by molar-refractivity contribution is -0.132. The summed E-state index contributed by atoms with van der Waals surface area (Å²) >= 11 is 0. The summed E-state index contributed by atoms with van der Waals surface area (Å²) in [5.74, 6) is 0.390. The Bertz CT molecular complexity index is 177. The highest BCUT2D eigenvalue weighted by molar-refractivity contribution is 5.84. The fourth-order valence-corrected chi connectivity index (χ4v) is 2.17. The quantitative estimate of drug-likeness (QED) is 0.729. The first-order valence-corrected chi connectivity index (χ1v) is 5.38. The average molecular weight is 184 g/mol. The first kappa shape index (κ1) is 10.7. The molecule has 76 valence electrons. The van der Waals surface area contributed by atoms with Gasteiger partial charge in [-0.2, -0.15) is 0 Å². The molecule has 1 aliphatic carbocycles. The summed E-state index contributed by atoms with van der Waals surface area (Å²) in [5, 5.41) is 9.74. The second kappa shape index (κ2) is 4.75. The molecule has 0 radical (unpaired) electrons. The van der Waals surface area contributed by atoms with Crippen LogP contribution < -0.4 is 0 Å². The number of Topliss-reactive ketones (excluding diaryl/α,β-unsaturated/α-hetero) is 1. The van der Waals surface area contributed by atoms with Gasteiger partial charge in [0.2, 0.25) is 0 Å². The Morgan fingerprint density at radius 1 is 1.54 bits per heavy atom. The third-order valence-corrected chi connectivity index (χ3v) is 3.05. The first-order chi connectivity index (χ1) is 6.16. The van der Waals surface area contributed by atoms with Crippen molar-refractivity contribution in [3.63, 3.8) is 0 Å². The predicted octanol–water partition coefficient (Wildman–Crippen LogP) is 2.15. The maximum Gasteiger partial charge on any atom is 0.141 e. The van der Waals surface area contributed by atoms with Crippen LogP contribution in [0.3, 0.4) is 0 Å². The van der Waals surface area contributed by atoms with Crippen LogP contribution in [0, 0.1) is 11.8 Å². The van der Waals surface area contributed by atoms with E-state index in [1.165, 1.54) is 0 Å². The summed E-state index contributed by atoms with van der Waals surface area (Å²) < 4.78 is 0. The van der Waals surface area contributed by atoms with Gasteiger partial charge < -0.3 is 5.11 Å². The maximum atomic E-state index is 11.7. The number of hydrogen-bond acceptors (Lipinski definition) is 2. The molecule has 0 aromatic carbocycles. The van der Waals surface area contributed by atoms with Gasteiger partial charge >= 0.3 is 0 Å². The van der Waals surface area contributed by atoms with Crippen molar-refractivity contribution in [3.05, 3.63) is 0 Å². The number of rotatable bonds is 3. The molecule has 0 aliphatic heterocycles. The summed E-state index contributed by atoms with van der Waals surface area (Å²) in [5.41, 5.74) is 0. The van der Waals surface area contributed by atoms with Crippen molar-refractivity contribution in [1.82, 2.24) is 0 Å². The molecule has 0 spiro atoms. The fourth-order valence-electron chi connectivity index (χ4n) is 2.17. The molecule has 1 aliphatic rings. The molecule has 0 bridgehead atoms. The van der Waals surface area contributed by atoms with Crippen LogP contribution in [0.5, 0.6) is 0 Å². The minimum Gasteiger partial charge on any atom is -0.392 e. The molecular weight excluding hydrogens is 164 g/mol. The van der Waals surface area contributed by atoms with Gasteiger partial charge in [0.15, 0.2) is 0 Å². The van der Waals surface area contributed by atoms with E-state index in [1.54, 1.807) is 0 Å². The molecular formula is C11H20O2. The molecule has 2 heteroatoms. The van der Waals surface area contributed by atoms with Crippen molar-refractivity contribution in [1.29, 1.82) is 0 Å². The largest absolute Gasteiger partial charge is 0.392 e. The lowest BCUT2D eigenvalue weighted by atomic mass is 9.77. The summed E-state index contributed by atoms with van der Waals surface area (Å²) in [6.07, 6.45) is 4.33. The van der Waals surface area contributed by atoms with E-state index < -0.39 is 0 Å². The Balaban J connectivity index is 2.52. The van der Waals surface area contributed by atoms with E-state index in [9.17, 15) is 9.90 Å². The fraction of sp³-hybridized carbons (Fsp3) is 0.909. The Morgan fingerprint density at radius 3 is 2.85 bits per heavy atom. The van der Waals surface area contributed by atoms with Crippen molar-refractivity contribution < 1.29 is 9.90 Å². The van der Waals surface area contributed by atoms with Crippen LogP contribution in [0.2, 0.25) is 0 Å². The minimum absolute atomic E-state index is 0.0660. The standard InChI is InChI=1S/C11H20O2/c1-3-5-10(12)9-7-4-6-8(2)11(9)13/h8-10,12H,3-7H2,1-2H3. The van der Waals surface area contributed by atoms with Gasteiger partial charge in [-0.3, -0.25) is 4.79 Å². The molecule has 3 unspecified atom stereocenters. The molecule has 0 aromatic heterocycles. The molecule has 0 heterocycles. The van der Waals surface area contributed by atoms with Crippen molar-refractivity contribution in [2.24, 2.45) is 11.8 Å². The van der Waals surface area contributed by atoms with E-state index in [4.69, 9.17) is 0 Å². The normalized spacial score (nSPS) is 31.8. The van der Waals surface area contributed by atoms with Crippen LogP contribution in [-0.4, -0.2) is 17.0 Å². The molecule has 2 nitrogen and oxygen atoms in total. The SMILES string of the molecule is CCCC(O)C1CCCC(C)C1=O. The topological polar surface area (TPSA) is 37.3 Å². The van der Waals surface area contributed by atoms with Gasteiger partial charge in [-0.05, 0) is 19.3 Å². The van der Waals surface area contributed by atoms with Crippen molar-refractivity contribution in [2.45, 2.75) is 52.1 Å². The molecule has 0 saturated heterocycles. The number of carbonyl (C=O) groups is 1. The molecule has 1 N–H and O–H groups in total. The Morgan fingerprint density at radius 2 is 2.23 bits per heavy atom. The van der Waals surface area contributed by atoms with Crippen LogP contribution >= 0.6 is 0 Å². The van der Waals surface area contributed by atoms with Crippen molar-refractivity contribution >= 4 is 5.78 Å². The second-order valence-electron chi connectivity index (χ2n) is 4.20. The smallest absolute Gasteiger partial charge is 0.141 e. The number of carbonyl (C=O) groups excluding carboxylic acids is 1. The molecule has 1 rings (SSSR count). The van der Waals surface area contributed by atoms with E-state index in [2.05, 4.69) is 0 Å². The van der Waals surface area contributed by atoms with Crippen LogP contribution in [0.1, 0.15) is 46.0 Å². The Kier molecular flexibility index (Phi) is 3.91. The monoisotopic (exact) mass is 184 g/mol. The number of hydrogen-bond donors (Lipinski definition) is 1. The van der Waals surface area contributed by atoms with Gasteiger partial charge in [-0.15, -0.1) is 0 Å². The molecule has 1 saturated carbocycles. The van der Waals surface area contributed by atoms with Crippen LogP contribution in [0.15, 0.2) is 0 Å². The van der Waals surface area contributed by atoms with Crippen molar-refractivity contribution in [3.8, 4) is 0 Å². The van der Waals surface area contributed by atoms with E-state index in [0.29, 0.717) is 0 Å². The van der Waals surface area contributed by atoms with Gasteiger partial charge in [-0.25, -0.2) is 0 Å². The summed E-state index contributed by atoms with van der Waals surface area (Å²) in [4.78, 5) is 11.7. The molecule has 0 amide bonds. The highest BCUT2D eigenvalue weighted by atomic mass is 16.3. The van der Waals surface area contributed by atoms with Crippen LogP contribution in [-0.2, 0) is 4.79 Å². The molecule has 13 heavy (non-hydrogen) atoms. The van der Waals surface area contributed by atoms with Gasteiger partial charge in [0.1, 0.15) is 5.78 Å². The Labute approximate surface area is 80.3 Å². The average Bonchev–Trinajstić information content (AvgIpc) is 2.10. The third kappa shape index (κ3) is 2.53. The van der Waals surface area contributed by atoms with E-state index in [-0.39, 0.29) is 23.7 Å². The summed E-state index contributed by atoms with van der Waals surface area (Å²) in [7, 11) is 0. The highest BCUT2D eigenvalue weighted by Crippen LogP contribution is 2.29. The predicted molar refractivity (Wildman–Crippen MR) is 52.4 cm³/mol. The van der Waals surface area contributed by atoms with E-state index >= 15 is 0 Å². The van der Waals surface area contributed by atoms with Crippen LogP contribution in [0.4, 0.5) is 0 Å². The molecule has 0 aromatic rings. The second-order valence-corrected chi connectivity index (χ2v) is 4.20. The molecule has 3 atom stereocenters. The minimum atomic E-state index is -0.389. The van der Waals surface area contributed by atoms with E-state index in [0.717, 1.165) is 32.1 Å². The third-order valence-electron chi connectivity index (χ3n) is 3.05. The number of aliphatic hydroxyl groups is 1. The lowest BCUT2D eigenvalue weighted by Crippen LogP contribution is -2.35. The Hall–Kier alpha value is -0.370. The zero-order valence-electron chi connectivity index (χ0n) is 8.62. The number of aliphatic hydroxyl groups excluding tert-OH is 1. The zero-order chi connectivity index (χ0) is 9.84. The summed E-state index contributed by atoms with van der Waals surface area (Å²) in [6.45, 7) is 4.02. The first-order valence-electron chi connectivity index (χ1n) is 5.38. The zero-order valence-corrected chi connectivity index (χ0v) is 8.62. The van der Waals surface area contributed by atoms with Gasteiger partial charge in [0.05, 0.1) is 6.10 Å². The molecule has 1 fully saturated rings. The van der Waals surface area contributed by atoms with E-state index in [1.807, 2.05) is 13.8 Å². The summed E-state index contributed by atoms with van der Waals surface area (Å²) in [6, 6.07) is 0. The maximum absolute atomic E-state index is 11.7. The van der Waals surface area contributed by atoms with Crippen LogP contribution in [0.25, 0.3) is 0 Å². The van der Waals surface area contributed by atoms with Gasteiger partial charge in [0, 0.05) is 11.8 Å².